The number of amides is 2. The number of nitrogens with one attached hydrogen (secondary N) is 2. The summed E-state index contributed by atoms with van der Waals surface area (Å²) in [4.78, 5) is 30.1. The fourth-order valence-corrected chi connectivity index (χ4v) is 5.58. The summed E-state index contributed by atoms with van der Waals surface area (Å²) in [6, 6.07) is 14.3. The Morgan fingerprint density at radius 1 is 0.974 bits per heavy atom. The first kappa shape index (κ1) is 28.8. The number of ether oxygens (including phenoxy) is 1. The normalized spacial score (nSPS) is 17.6. The molecule has 1 aliphatic rings. The van der Waals surface area contributed by atoms with E-state index in [9.17, 15) is 9.59 Å². The first-order valence-corrected chi connectivity index (χ1v) is 14.8. The van der Waals surface area contributed by atoms with Crippen LogP contribution in [0.2, 0.25) is 0 Å². The first-order chi connectivity index (χ1) is 18.5. The molecule has 3 aromatic rings. The summed E-state index contributed by atoms with van der Waals surface area (Å²) >= 11 is 1.44. The van der Waals surface area contributed by atoms with Gasteiger partial charge in [0.2, 0.25) is 0 Å². The molecule has 0 saturated heterocycles. The molecule has 2 N–H and O–H groups in total. The highest BCUT2D eigenvalue weighted by Crippen LogP contribution is 2.29. The second kappa shape index (κ2) is 12.3. The Labute approximate surface area is 236 Å². The van der Waals surface area contributed by atoms with E-state index >= 15 is 0 Å². The third-order valence-corrected chi connectivity index (χ3v) is 8.16. The van der Waals surface area contributed by atoms with Gasteiger partial charge in [0.05, 0.1) is 0 Å². The fraction of sp³-hybridized carbons (Fsp3) is 0.469. The van der Waals surface area contributed by atoms with Gasteiger partial charge in [-0.3, -0.25) is 9.59 Å². The summed E-state index contributed by atoms with van der Waals surface area (Å²) in [6.07, 6.45) is 3.32. The van der Waals surface area contributed by atoms with E-state index < -0.39 is 0 Å². The van der Waals surface area contributed by atoms with Crippen LogP contribution in [0.25, 0.3) is 0 Å². The molecule has 1 aliphatic carbocycles. The van der Waals surface area contributed by atoms with Crippen molar-refractivity contribution in [3.05, 3.63) is 80.8 Å². The molecule has 1 heterocycles. The molecular formula is C32H41N3O3S. The maximum Gasteiger partial charge on any atom is 0.270 e. The topological polar surface area (TPSA) is 80.3 Å². The molecule has 0 unspecified atom stereocenters. The molecule has 1 fully saturated rings. The number of hydrogen-bond acceptors (Lipinski definition) is 5. The predicted octanol–water partition coefficient (Wildman–Crippen LogP) is 6.92. The Morgan fingerprint density at radius 2 is 1.59 bits per heavy atom. The van der Waals surface area contributed by atoms with Gasteiger partial charge in [-0.15, -0.1) is 11.3 Å². The van der Waals surface area contributed by atoms with E-state index in [1.54, 1.807) is 5.38 Å². The van der Waals surface area contributed by atoms with Crippen LogP contribution in [0.1, 0.15) is 109 Å². The van der Waals surface area contributed by atoms with E-state index in [0.717, 1.165) is 42.0 Å². The van der Waals surface area contributed by atoms with Crippen LogP contribution in [0.15, 0.2) is 47.8 Å². The molecule has 7 heteroatoms. The van der Waals surface area contributed by atoms with Crippen LogP contribution in [0, 0.1) is 6.92 Å². The van der Waals surface area contributed by atoms with Crippen LogP contribution in [0.5, 0.6) is 5.75 Å². The van der Waals surface area contributed by atoms with Crippen LogP contribution < -0.4 is 15.4 Å². The van der Waals surface area contributed by atoms with Crippen LogP contribution in [0.3, 0.4) is 0 Å². The summed E-state index contributed by atoms with van der Waals surface area (Å²) in [6.45, 7) is 13.2. The number of nitrogens with zero attached hydrogens (tertiary/aromatic N) is 1. The van der Waals surface area contributed by atoms with Crippen molar-refractivity contribution in [1.82, 2.24) is 15.6 Å². The fourth-order valence-electron chi connectivity index (χ4n) is 4.90. The van der Waals surface area contributed by atoms with Gasteiger partial charge in [0, 0.05) is 23.0 Å². The molecule has 1 aromatic heterocycles. The van der Waals surface area contributed by atoms with Crippen molar-refractivity contribution in [2.75, 3.05) is 0 Å². The smallest absolute Gasteiger partial charge is 0.270 e. The maximum atomic E-state index is 12.9. The van der Waals surface area contributed by atoms with Crippen LogP contribution in [0.4, 0.5) is 0 Å². The van der Waals surface area contributed by atoms with Gasteiger partial charge in [0.15, 0.2) is 0 Å². The summed E-state index contributed by atoms with van der Waals surface area (Å²) in [5.41, 5.74) is 4.70. The molecule has 2 amide bonds. The van der Waals surface area contributed by atoms with Crippen molar-refractivity contribution in [1.29, 1.82) is 0 Å². The van der Waals surface area contributed by atoms with Crippen LogP contribution >= 0.6 is 11.3 Å². The number of aryl methyl sites for hydroxylation is 1. The van der Waals surface area contributed by atoms with Crippen LogP contribution in [-0.4, -0.2) is 28.9 Å². The SMILES string of the molecule is Cc1ccc(C(C)C)c(OCc2nc(C(=O)NC3CCC(NC(=O)c4ccc(C(C)(C)C)cc4)CC3)cs2)c1. The Hall–Kier alpha value is -3.19. The summed E-state index contributed by atoms with van der Waals surface area (Å²) in [5.74, 6) is 1.05. The predicted molar refractivity (Wildman–Crippen MR) is 158 cm³/mol. The molecule has 0 radical (unpaired) electrons. The lowest BCUT2D eigenvalue weighted by Crippen LogP contribution is -2.43. The number of aromatic nitrogens is 1. The van der Waals surface area contributed by atoms with E-state index in [1.165, 1.54) is 22.5 Å². The second-order valence-corrected chi connectivity index (χ2v) is 12.9. The monoisotopic (exact) mass is 547 g/mol. The van der Waals surface area contributed by atoms with E-state index in [-0.39, 0.29) is 29.3 Å². The number of carbonyl (C=O) groups is 2. The van der Waals surface area contributed by atoms with Crippen molar-refractivity contribution in [2.24, 2.45) is 0 Å². The van der Waals surface area contributed by atoms with Crippen LogP contribution in [-0.2, 0) is 12.0 Å². The van der Waals surface area contributed by atoms with E-state index in [2.05, 4.69) is 75.4 Å². The number of benzene rings is 2. The molecule has 4 rings (SSSR count). The largest absolute Gasteiger partial charge is 0.486 e. The van der Waals surface area contributed by atoms with Gasteiger partial charge in [-0.2, -0.15) is 0 Å². The second-order valence-electron chi connectivity index (χ2n) is 11.9. The van der Waals surface area contributed by atoms with E-state index in [1.807, 2.05) is 24.3 Å². The summed E-state index contributed by atoms with van der Waals surface area (Å²) in [5, 5.41) is 8.87. The quantitative estimate of drug-likeness (QED) is 0.321. The maximum absolute atomic E-state index is 12.9. The van der Waals surface area contributed by atoms with Gasteiger partial charge in [-0.1, -0.05) is 58.9 Å². The average Bonchev–Trinajstić information content (AvgIpc) is 3.37. The highest BCUT2D eigenvalue weighted by atomic mass is 32.1. The molecule has 1 saturated carbocycles. The van der Waals surface area contributed by atoms with Crippen molar-refractivity contribution >= 4 is 23.2 Å². The number of thiazole rings is 1. The van der Waals surface area contributed by atoms with Crippen molar-refractivity contribution < 1.29 is 14.3 Å². The third-order valence-electron chi connectivity index (χ3n) is 7.34. The molecule has 208 valence electrons. The van der Waals surface area contributed by atoms with Crippen molar-refractivity contribution in [3.63, 3.8) is 0 Å². The van der Waals surface area contributed by atoms with Gasteiger partial charge in [-0.25, -0.2) is 4.98 Å². The molecule has 0 atom stereocenters. The Bertz CT molecular complexity index is 1280. The molecule has 0 spiro atoms. The van der Waals surface area contributed by atoms with Gasteiger partial charge < -0.3 is 15.4 Å². The standard InChI is InChI=1S/C32H41N3O3S/c1-20(2)26-16-7-21(3)17-28(26)38-18-29-35-27(19-39-29)31(37)34-25-14-12-24(13-15-25)33-30(36)22-8-10-23(11-9-22)32(4,5)6/h7-11,16-17,19-20,24-25H,12-15,18H2,1-6H3,(H,33,36)(H,34,37). The van der Waals surface area contributed by atoms with E-state index in [0.29, 0.717) is 23.8 Å². The van der Waals surface area contributed by atoms with Gasteiger partial charge in [-0.05, 0) is 78.8 Å². The van der Waals surface area contributed by atoms with Gasteiger partial charge >= 0.3 is 0 Å². The molecule has 2 aromatic carbocycles. The number of hydrogen-bond donors (Lipinski definition) is 2. The minimum atomic E-state index is -0.151. The average molecular weight is 548 g/mol. The van der Waals surface area contributed by atoms with Crippen molar-refractivity contribution in [2.45, 2.75) is 97.2 Å². The molecule has 0 bridgehead atoms. The highest BCUT2D eigenvalue weighted by Gasteiger charge is 2.25. The minimum absolute atomic E-state index is 0.0358. The highest BCUT2D eigenvalue weighted by molar-refractivity contribution is 7.09. The lowest BCUT2D eigenvalue weighted by Gasteiger charge is -2.29. The molecular weight excluding hydrogens is 506 g/mol. The zero-order valence-electron chi connectivity index (χ0n) is 24.0. The number of carbonyl (C=O) groups excluding carboxylic acids is 2. The lowest BCUT2D eigenvalue weighted by molar-refractivity contribution is 0.0889. The van der Waals surface area contributed by atoms with Crippen molar-refractivity contribution in [3.8, 4) is 5.75 Å². The molecule has 0 aliphatic heterocycles. The lowest BCUT2D eigenvalue weighted by atomic mass is 9.86. The number of rotatable bonds is 8. The van der Waals surface area contributed by atoms with Gasteiger partial charge in [0.25, 0.3) is 11.8 Å². The molecule has 6 nitrogen and oxygen atoms in total. The zero-order valence-corrected chi connectivity index (χ0v) is 24.8. The Balaban J connectivity index is 1.23. The third kappa shape index (κ3) is 7.69. The Kier molecular flexibility index (Phi) is 9.11. The zero-order chi connectivity index (χ0) is 28.2. The minimum Gasteiger partial charge on any atom is -0.486 e. The summed E-state index contributed by atoms with van der Waals surface area (Å²) in [7, 11) is 0. The van der Waals surface area contributed by atoms with E-state index in [4.69, 9.17) is 4.74 Å². The molecule has 39 heavy (non-hydrogen) atoms. The Morgan fingerprint density at radius 3 is 2.18 bits per heavy atom. The summed E-state index contributed by atoms with van der Waals surface area (Å²) < 4.78 is 6.09. The first-order valence-electron chi connectivity index (χ1n) is 13.9. The van der Waals surface area contributed by atoms with Gasteiger partial charge in [0.1, 0.15) is 23.1 Å².